The average molecular weight is 268 g/mol. The molecule has 1 aromatic heterocycles. The van der Waals surface area contributed by atoms with Crippen LogP contribution >= 0.6 is 23.8 Å². The molecule has 2 N–H and O–H groups in total. The Balaban J connectivity index is 2.00. The molecule has 1 aromatic carbocycles. The van der Waals surface area contributed by atoms with Crippen molar-refractivity contribution in [3.63, 3.8) is 0 Å². The zero-order valence-corrected chi connectivity index (χ0v) is 10.6. The molecular weight excluding hydrogens is 258 g/mol. The van der Waals surface area contributed by atoms with Crippen LogP contribution in [0.3, 0.4) is 0 Å². The summed E-state index contributed by atoms with van der Waals surface area (Å²) in [5.74, 6) is 0. The molecule has 0 unspecified atom stereocenters. The third-order valence-corrected chi connectivity index (χ3v) is 2.68. The van der Waals surface area contributed by atoms with Crippen LogP contribution in [-0.4, -0.2) is 20.0 Å². The number of anilines is 1. The van der Waals surface area contributed by atoms with Gasteiger partial charge in [0.25, 0.3) is 0 Å². The van der Waals surface area contributed by atoms with Gasteiger partial charge in [0.05, 0.1) is 0 Å². The molecule has 0 bridgehead atoms. The summed E-state index contributed by atoms with van der Waals surface area (Å²) in [6, 6.07) is 5.64. The van der Waals surface area contributed by atoms with Crippen LogP contribution in [0.4, 0.5) is 5.69 Å². The van der Waals surface area contributed by atoms with Crippen LogP contribution in [0, 0.1) is 6.92 Å². The molecule has 0 saturated carbocycles. The molecule has 0 radical (unpaired) electrons. The number of aryl methyl sites for hydroxylation is 1. The summed E-state index contributed by atoms with van der Waals surface area (Å²) < 4.78 is 1.55. The highest BCUT2D eigenvalue weighted by atomic mass is 35.5. The number of hydrogen-bond acceptors (Lipinski definition) is 3. The number of aromatic nitrogens is 3. The number of nitrogens with one attached hydrogen (secondary N) is 2. The first kappa shape index (κ1) is 11.8. The predicted octanol–water partition coefficient (Wildman–Crippen LogP) is 2.18. The minimum Gasteiger partial charge on any atom is -0.331 e. The van der Waals surface area contributed by atoms with E-state index in [-0.39, 0.29) is 0 Å². The van der Waals surface area contributed by atoms with Crippen molar-refractivity contribution in [1.82, 2.24) is 14.9 Å². The van der Waals surface area contributed by atoms with Crippen molar-refractivity contribution in [1.29, 1.82) is 0 Å². The normalized spacial score (nSPS) is 10.0. The lowest BCUT2D eigenvalue weighted by Crippen LogP contribution is -2.26. The Morgan fingerprint density at radius 1 is 1.35 bits per heavy atom. The van der Waals surface area contributed by atoms with E-state index in [9.17, 15) is 0 Å². The molecule has 0 saturated heterocycles. The fourth-order valence-electron chi connectivity index (χ4n) is 1.21. The fraction of sp³-hybridized carbons (Fsp3) is 0.100. The maximum absolute atomic E-state index is 6.01. The van der Waals surface area contributed by atoms with Gasteiger partial charge in [-0.25, -0.2) is 4.68 Å². The highest BCUT2D eigenvalue weighted by Crippen LogP contribution is 2.19. The molecular formula is C10H10ClN5S. The molecule has 17 heavy (non-hydrogen) atoms. The topological polar surface area (TPSA) is 54.8 Å². The molecule has 1 heterocycles. The van der Waals surface area contributed by atoms with Crippen LogP contribution < -0.4 is 10.7 Å². The van der Waals surface area contributed by atoms with E-state index in [1.807, 2.05) is 25.1 Å². The lowest BCUT2D eigenvalue weighted by Gasteiger charge is -2.10. The predicted molar refractivity (Wildman–Crippen MR) is 71.8 cm³/mol. The Kier molecular flexibility index (Phi) is 3.55. The number of hydrogen-bond donors (Lipinski definition) is 2. The first-order valence-electron chi connectivity index (χ1n) is 4.84. The van der Waals surface area contributed by atoms with E-state index in [0.29, 0.717) is 10.1 Å². The average Bonchev–Trinajstić information content (AvgIpc) is 2.76. The van der Waals surface area contributed by atoms with E-state index in [4.69, 9.17) is 23.8 Å². The van der Waals surface area contributed by atoms with Crippen molar-refractivity contribution >= 4 is 34.6 Å². The van der Waals surface area contributed by atoms with Crippen molar-refractivity contribution in [2.45, 2.75) is 6.92 Å². The van der Waals surface area contributed by atoms with Crippen LogP contribution in [0.2, 0.25) is 5.02 Å². The Bertz CT molecular complexity index is 525. The molecule has 0 fully saturated rings. The van der Waals surface area contributed by atoms with E-state index >= 15 is 0 Å². The highest BCUT2D eigenvalue weighted by Gasteiger charge is 2.00. The number of benzene rings is 1. The summed E-state index contributed by atoms with van der Waals surface area (Å²) in [6.07, 6.45) is 3.02. The largest absolute Gasteiger partial charge is 0.331 e. The van der Waals surface area contributed by atoms with Gasteiger partial charge in [-0.2, -0.15) is 0 Å². The zero-order chi connectivity index (χ0) is 12.3. The smallest absolute Gasteiger partial charge is 0.190 e. The van der Waals surface area contributed by atoms with Gasteiger partial charge in [0.1, 0.15) is 12.7 Å². The van der Waals surface area contributed by atoms with E-state index in [1.54, 1.807) is 4.68 Å². The fourth-order valence-corrected chi connectivity index (χ4v) is 1.61. The molecule has 88 valence electrons. The molecule has 5 nitrogen and oxygen atoms in total. The van der Waals surface area contributed by atoms with Crippen LogP contribution in [0.25, 0.3) is 0 Å². The quantitative estimate of drug-likeness (QED) is 0.817. The SMILES string of the molecule is Cc1ccc(NC(=S)Nn2cnnc2)cc1Cl. The van der Waals surface area contributed by atoms with Gasteiger partial charge in [-0.3, -0.25) is 5.43 Å². The monoisotopic (exact) mass is 267 g/mol. The molecule has 0 amide bonds. The minimum atomic E-state index is 0.435. The van der Waals surface area contributed by atoms with Crippen LogP contribution in [0.5, 0.6) is 0 Å². The van der Waals surface area contributed by atoms with Gasteiger partial charge in [0.15, 0.2) is 5.11 Å². The standard InChI is InChI=1S/C10H10ClN5S/c1-7-2-3-8(4-9(7)11)14-10(17)15-16-5-12-13-6-16/h2-6H,1H3,(H2,14,15,17). The van der Waals surface area contributed by atoms with Crippen LogP contribution in [-0.2, 0) is 0 Å². The van der Waals surface area contributed by atoms with Gasteiger partial charge in [0, 0.05) is 10.7 Å². The summed E-state index contributed by atoms with van der Waals surface area (Å²) in [4.78, 5) is 0. The third kappa shape index (κ3) is 3.15. The first-order valence-corrected chi connectivity index (χ1v) is 5.62. The second kappa shape index (κ2) is 5.11. The van der Waals surface area contributed by atoms with E-state index in [2.05, 4.69) is 20.9 Å². The van der Waals surface area contributed by atoms with Gasteiger partial charge in [-0.15, -0.1) is 10.2 Å². The van der Waals surface area contributed by atoms with E-state index in [1.165, 1.54) is 12.7 Å². The third-order valence-electron chi connectivity index (χ3n) is 2.08. The van der Waals surface area contributed by atoms with Gasteiger partial charge >= 0.3 is 0 Å². The zero-order valence-electron chi connectivity index (χ0n) is 9.01. The molecule has 0 spiro atoms. The van der Waals surface area contributed by atoms with Crippen molar-refractivity contribution in [2.75, 3.05) is 10.7 Å². The Morgan fingerprint density at radius 3 is 2.71 bits per heavy atom. The molecule has 2 aromatic rings. The van der Waals surface area contributed by atoms with Crippen LogP contribution in [0.1, 0.15) is 5.56 Å². The maximum atomic E-state index is 6.01. The number of nitrogens with zero attached hydrogens (tertiary/aromatic N) is 3. The molecule has 7 heteroatoms. The summed E-state index contributed by atoms with van der Waals surface area (Å²) in [7, 11) is 0. The summed E-state index contributed by atoms with van der Waals surface area (Å²) >= 11 is 11.1. The van der Waals surface area contributed by atoms with Crippen molar-refractivity contribution in [3.8, 4) is 0 Å². The summed E-state index contributed by atoms with van der Waals surface area (Å²) in [5.41, 5.74) is 4.72. The minimum absolute atomic E-state index is 0.435. The van der Waals surface area contributed by atoms with Gasteiger partial charge in [0.2, 0.25) is 0 Å². The maximum Gasteiger partial charge on any atom is 0.190 e. The first-order chi connectivity index (χ1) is 8.15. The lowest BCUT2D eigenvalue weighted by atomic mass is 10.2. The highest BCUT2D eigenvalue weighted by molar-refractivity contribution is 7.80. The Morgan fingerprint density at radius 2 is 2.06 bits per heavy atom. The Labute approximate surface area is 109 Å². The molecule has 0 aliphatic carbocycles. The summed E-state index contributed by atoms with van der Waals surface area (Å²) in [6.45, 7) is 1.94. The van der Waals surface area contributed by atoms with Crippen molar-refractivity contribution < 1.29 is 0 Å². The van der Waals surface area contributed by atoms with Gasteiger partial charge < -0.3 is 5.32 Å². The van der Waals surface area contributed by atoms with Gasteiger partial charge in [-0.1, -0.05) is 17.7 Å². The van der Waals surface area contributed by atoms with Crippen molar-refractivity contribution in [3.05, 3.63) is 41.4 Å². The second-order valence-electron chi connectivity index (χ2n) is 3.40. The lowest BCUT2D eigenvalue weighted by molar-refractivity contribution is 0.974. The van der Waals surface area contributed by atoms with Gasteiger partial charge in [-0.05, 0) is 36.8 Å². The molecule has 2 rings (SSSR count). The molecule has 0 atom stereocenters. The number of thiocarbonyl (C=S) groups is 1. The molecule has 0 aliphatic heterocycles. The Hall–Kier alpha value is -1.66. The van der Waals surface area contributed by atoms with E-state index < -0.39 is 0 Å². The number of rotatable bonds is 2. The summed E-state index contributed by atoms with van der Waals surface area (Å²) in [5, 5.41) is 11.4. The van der Waals surface area contributed by atoms with Crippen LogP contribution in [0.15, 0.2) is 30.9 Å². The van der Waals surface area contributed by atoms with E-state index in [0.717, 1.165) is 11.3 Å². The number of halogens is 1. The molecule has 0 aliphatic rings. The second-order valence-corrected chi connectivity index (χ2v) is 4.21. The van der Waals surface area contributed by atoms with Crippen molar-refractivity contribution in [2.24, 2.45) is 0 Å².